The first-order valence-electron chi connectivity index (χ1n) is 9.74. The molecule has 1 unspecified atom stereocenters. The van der Waals surface area contributed by atoms with Gasteiger partial charge in [-0.3, -0.25) is 14.5 Å². The number of nitrogens with one attached hydrogen (secondary N) is 1. The molecule has 2 amide bonds. The summed E-state index contributed by atoms with van der Waals surface area (Å²) in [6, 6.07) is 20.5. The lowest BCUT2D eigenvalue weighted by Gasteiger charge is -2.23. The van der Waals surface area contributed by atoms with Crippen LogP contribution in [0, 0.1) is 0 Å². The van der Waals surface area contributed by atoms with Gasteiger partial charge in [0.2, 0.25) is 0 Å². The number of fused-ring (bicyclic) bond motifs is 1. The first kappa shape index (κ1) is 20.3. The molecule has 0 saturated carbocycles. The number of carbonyl (C=O) groups excluding carboxylic acids is 2. The number of carbonyl (C=O) groups is 2. The maximum Gasteiger partial charge on any atom is 0.260 e. The van der Waals surface area contributed by atoms with Gasteiger partial charge >= 0.3 is 0 Å². The van der Waals surface area contributed by atoms with Gasteiger partial charge in [-0.25, -0.2) is 4.98 Å². The number of methoxy groups -OCH3 is 1. The Balaban J connectivity index is 1.67. The Hall–Kier alpha value is -3.97. The van der Waals surface area contributed by atoms with Crippen molar-refractivity contribution in [2.24, 2.45) is 0 Å². The molecule has 1 atom stereocenters. The van der Waals surface area contributed by atoms with Crippen molar-refractivity contribution in [2.75, 3.05) is 13.7 Å². The van der Waals surface area contributed by atoms with Gasteiger partial charge in [0.25, 0.3) is 11.8 Å². The summed E-state index contributed by atoms with van der Waals surface area (Å²) >= 11 is 0. The van der Waals surface area contributed by atoms with Gasteiger partial charge in [-0.05, 0) is 36.4 Å². The molecular weight excluding hydrogens is 394 g/mol. The van der Waals surface area contributed by atoms with Crippen molar-refractivity contribution in [3.05, 3.63) is 95.8 Å². The average molecular weight is 415 g/mol. The molecule has 0 fully saturated rings. The minimum atomic E-state index is -1.14. The number of aliphatic hydroxyl groups excluding tert-OH is 1. The molecule has 31 heavy (non-hydrogen) atoms. The number of hydrogen-bond acceptors (Lipinski definition) is 5. The van der Waals surface area contributed by atoms with E-state index in [1.807, 2.05) is 0 Å². The topological polar surface area (TPSA) is 95.5 Å². The van der Waals surface area contributed by atoms with Gasteiger partial charge in [0.15, 0.2) is 0 Å². The fraction of sp³-hybridized carbons (Fsp3) is 0.125. The van der Waals surface area contributed by atoms with E-state index in [1.54, 1.807) is 86.1 Å². The number of rotatable bonds is 6. The largest absolute Gasteiger partial charge is 0.496 e. The van der Waals surface area contributed by atoms with Crippen LogP contribution in [-0.4, -0.2) is 45.4 Å². The molecule has 4 rings (SSSR count). The van der Waals surface area contributed by atoms with Gasteiger partial charge in [-0.2, -0.15) is 0 Å². The molecular formula is C24H21N3O4. The summed E-state index contributed by atoms with van der Waals surface area (Å²) in [6.07, 6.45) is 0.456. The van der Waals surface area contributed by atoms with Crippen LogP contribution in [0.1, 0.15) is 32.5 Å². The number of H-pyrrole nitrogens is 1. The van der Waals surface area contributed by atoms with Gasteiger partial charge < -0.3 is 14.8 Å². The van der Waals surface area contributed by atoms with E-state index in [2.05, 4.69) is 9.97 Å². The number of amides is 2. The first-order valence-corrected chi connectivity index (χ1v) is 9.74. The number of aromatic nitrogens is 2. The second-order valence-corrected chi connectivity index (χ2v) is 6.97. The number of imide groups is 1. The molecule has 0 aliphatic carbocycles. The van der Waals surface area contributed by atoms with Crippen molar-refractivity contribution >= 4 is 22.8 Å². The quantitative estimate of drug-likeness (QED) is 0.469. The predicted octanol–water partition coefficient (Wildman–Crippen LogP) is 3.59. The molecule has 4 aromatic rings. The summed E-state index contributed by atoms with van der Waals surface area (Å²) in [5, 5.41) is 11.6. The van der Waals surface area contributed by atoms with Gasteiger partial charge in [0, 0.05) is 23.0 Å². The van der Waals surface area contributed by atoms with Crippen LogP contribution in [-0.2, 0) is 0 Å². The lowest BCUT2D eigenvalue weighted by atomic mass is 10.1. The second-order valence-electron chi connectivity index (χ2n) is 6.97. The normalized spacial score (nSPS) is 11.8. The molecule has 0 saturated heterocycles. The molecule has 2 heterocycles. The highest BCUT2D eigenvalue weighted by Gasteiger charge is 2.28. The Morgan fingerprint density at radius 3 is 2.13 bits per heavy atom. The Morgan fingerprint density at radius 1 is 1.00 bits per heavy atom. The molecule has 0 spiro atoms. The molecule has 7 heteroatoms. The highest BCUT2D eigenvalue weighted by Crippen LogP contribution is 2.27. The number of ether oxygens (including phenoxy) is 1. The number of hydrogen-bond donors (Lipinski definition) is 2. The molecule has 2 N–H and O–H groups in total. The molecule has 156 valence electrons. The Labute approximate surface area is 178 Å². The van der Waals surface area contributed by atoms with Gasteiger partial charge in [0.05, 0.1) is 19.0 Å². The van der Waals surface area contributed by atoms with Crippen molar-refractivity contribution in [1.29, 1.82) is 0 Å². The molecule has 2 aromatic heterocycles. The minimum Gasteiger partial charge on any atom is -0.496 e. The molecule has 0 aliphatic rings. The van der Waals surface area contributed by atoms with E-state index >= 15 is 0 Å². The maximum absolute atomic E-state index is 13.2. The Bertz CT molecular complexity index is 1150. The SMILES string of the molecule is COc1ccnc2[nH]c(C(O)CN(C(=O)c3ccccc3)C(=O)c3ccccc3)cc12. The first-order chi connectivity index (χ1) is 15.1. The monoisotopic (exact) mass is 415 g/mol. The van der Waals surface area contributed by atoms with Crippen LogP contribution in [0.4, 0.5) is 0 Å². The van der Waals surface area contributed by atoms with Crippen LogP contribution in [0.2, 0.25) is 0 Å². The van der Waals surface area contributed by atoms with Crippen molar-refractivity contribution in [3.8, 4) is 5.75 Å². The summed E-state index contributed by atoms with van der Waals surface area (Å²) < 4.78 is 5.33. The smallest absolute Gasteiger partial charge is 0.260 e. The van der Waals surface area contributed by atoms with E-state index in [1.165, 1.54) is 0 Å². The third-order valence-corrected chi connectivity index (χ3v) is 4.98. The van der Waals surface area contributed by atoms with E-state index < -0.39 is 17.9 Å². The van der Waals surface area contributed by atoms with E-state index in [0.29, 0.717) is 33.6 Å². The number of pyridine rings is 1. The van der Waals surface area contributed by atoms with Gasteiger partial charge in [0.1, 0.15) is 17.5 Å². The predicted molar refractivity (Wildman–Crippen MR) is 116 cm³/mol. The standard InChI is InChI=1S/C24H21N3O4/c1-31-21-12-13-25-22-18(21)14-19(26-22)20(28)15-27(23(29)16-8-4-2-5-9-16)24(30)17-10-6-3-7-11-17/h2-14,20,28H,15H2,1H3,(H,25,26). The van der Waals surface area contributed by atoms with Crippen molar-refractivity contribution < 1.29 is 19.4 Å². The lowest BCUT2D eigenvalue weighted by molar-refractivity contribution is 0.0502. The molecule has 0 radical (unpaired) electrons. The average Bonchev–Trinajstić information content (AvgIpc) is 3.27. The maximum atomic E-state index is 13.2. The number of nitrogens with zero attached hydrogens (tertiary/aromatic N) is 2. The summed E-state index contributed by atoms with van der Waals surface area (Å²) in [5.41, 5.74) is 1.69. The fourth-order valence-corrected chi connectivity index (χ4v) is 3.38. The van der Waals surface area contributed by atoms with Gasteiger partial charge in [-0.1, -0.05) is 36.4 Å². The number of aliphatic hydroxyl groups is 1. The molecule has 0 bridgehead atoms. The highest BCUT2D eigenvalue weighted by atomic mass is 16.5. The van der Waals surface area contributed by atoms with Crippen LogP contribution in [0.3, 0.4) is 0 Å². The highest BCUT2D eigenvalue weighted by molar-refractivity contribution is 6.10. The Morgan fingerprint density at radius 2 is 1.58 bits per heavy atom. The summed E-state index contributed by atoms with van der Waals surface area (Å²) in [4.78, 5) is 34.6. The van der Waals surface area contributed by atoms with E-state index in [-0.39, 0.29) is 6.54 Å². The van der Waals surface area contributed by atoms with Gasteiger partial charge in [-0.15, -0.1) is 0 Å². The second kappa shape index (κ2) is 8.81. The third kappa shape index (κ3) is 4.17. The van der Waals surface area contributed by atoms with Crippen molar-refractivity contribution in [2.45, 2.75) is 6.10 Å². The van der Waals surface area contributed by atoms with Crippen molar-refractivity contribution in [3.63, 3.8) is 0 Å². The zero-order valence-corrected chi connectivity index (χ0v) is 16.9. The van der Waals surface area contributed by atoms with Crippen LogP contribution >= 0.6 is 0 Å². The van der Waals surface area contributed by atoms with Crippen LogP contribution < -0.4 is 4.74 Å². The summed E-state index contributed by atoms with van der Waals surface area (Å²) in [7, 11) is 1.55. The Kier molecular flexibility index (Phi) is 5.77. The fourth-order valence-electron chi connectivity index (χ4n) is 3.38. The molecule has 0 aliphatic heterocycles. The summed E-state index contributed by atoms with van der Waals surface area (Å²) in [5.74, 6) is -0.363. The van der Waals surface area contributed by atoms with E-state index in [9.17, 15) is 14.7 Å². The molecule has 7 nitrogen and oxygen atoms in total. The van der Waals surface area contributed by atoms with Crippen LogP contribution in [0.15, 0.2) is 79.0 Å². The zero-order valence-electron chi connectivity index (χ0n) is 16.9. The third-order valence-electron chi connectivity index (χ3n) is 4.98. The molecule has 2 aromatic carbocycles. The summed E-state index contributed by atoms with van der Waals surface area (Å²) in [6.45, 7) is -0.226. The van der Waals surface area contributed by atoms with E-state index in [0.717, 1.165) is 4.90 Å². The lowest BCUT2D eigenvalue weighted by Crippen LogP contribution is -2.40. The number of benzene rings is 2. The minimum absolute atomic E-state index is 0.226. The van der Waals surface area contributed by atoms with Crippen LogP contribution in [0.25, 0.3) is 11.0 Å². The zero-order chi connectivity index (χ0) is 21.8. The van der Waals surface area contributed by atoms with Crippen molar-refractivity contribution in [1.82, 2.24) is 14.9 Å². The number of aromatic amines is 1. The van der Waals surface area contributed by atoms with Crippen LogP contribution in [0.5, 0.6) is 5.75 Å². The van der Waals surface area contributed by atoms with E-state index in [4.69, 9.17) is 4.74 Å².